The van der Waals surface area contributed by atoms with Gasteiger partial charge in [0.1, 0.15) is 26.1 Å². The van der Waals surface area contributed by atoms with Crippen LogP contribution in [0.15, 0.2) is 59.4 Å². The van der Waals surface area contributed by atoms with Crippen LogP contribution in [0.1, 0.15) is 116 Å². The number of ether oxygens (including phenoxy) is 4. The van der Waals surface area contributed by atoms with Gasteiger partial charge in [-0.05, 0) is 82.6 Å². The molecule has 1 atom stereocenters. The van der Waals surface area contributed by atoms with Gasteiger partial charge < -0.3 is 50.4 Å². The minimum absolute atomic E-state index is 0.152. The fourth-order valence-electron chi connectivity index (χ4n) is 6.74. The number of aromatic nitrogens is 2. The van der Waals surface area contributed by atoms with Crippen molar-refractivity contribution in [1.82, 2.24) is 19.2 Å². The van der Waals surface area contributed by atoms with E-state index in [-0.39, 0.29) is 56.6 Å². The minimum atomic E-state index is -3.48. The topological polar surface area (TPSA) is 271 Å². The highest BCUT2D eigenvalue weighted by Gasteiger charge is 2.38. The Kier molecular flexibility index (Phi) is 32.1. The summed E-state index contributed by atoms with van der Waals surface area (Å²) >= 11 is 0. The molecule has 1 unspecified atom stereocenters. The number of nitrogens with one attached hydrogen (secondary N) is 2. The van der Waals surface area contributed by atoms with Crippen molar-refractivity contribution >= 4 is 57.3 Å². The van der Waals surface area contributed by atoms with Crippen molar-refractivity contribution in [1.29, 1.82) is 0 Å². The van der Waals surface area contributed by atoms with Crippen molar-refractivity contribution in [3.8, 4) is 11.4 Å². The van der Waals surface area contributed by atoms with Crippen molar-refractivity contribution in [2.75, 3.05) is 51.5 Å². The molecule has 70 heavy (non-hydrogen) atoms. The van der Waals surface area contributed by atoms with E-state index in [0.717, 1.165) is 29.3 Å². The third kappa shape index (κ3) is 19.4. The van der Waals surface area contributed by atoms with Gasteiger partial charge in [-0.15, -0.1) is 0 Å². The van der Waals surface area contributed by atoms with Crippen LogP contribution in [0.25, 0.3) is 22.3 Å². The molecular weight excluding hydrogens is 923 g/mol. The number of pyridine rings is 2. The first-order valence-electron chi connectivity index (χ1n) is 23.7. The van der Waals surface area contributed by atoms with Gasteiger partial charge in [0, 0.05) is 41.4 Å². The fourth-order valence-corrected chi connectivity index (χ4v) is 7.93. The molecular formula is C50H77N7O12S. The summed E-state index contributed by atoms with van der Waals surface area (Å²) in [7, 11) is -1.98. The Bertz CT molecular complexity index is 2390. The second kappa shape index (κ2) is 35.1. The van der Waals surface area contributed by atoms with E-state index < -0.39 is 39.7 Å². The number of amides is 2. The van der Waals surface area contributed by atoms with Gasteiger partial charge >= 0.3 is 12.1 Å². The smallest absolute Gasteiger partial charge is 0.458 e. The molecule has 2 aromatic carbocycles. The Hall–Kier alpha value is -6.06. The summed E-state index contributed by atoms with van der Waals surface area (Å²) in [6.45, 7) is 21.0. The quantitative estimate of drug-likeness (QED) is 0.0446. The Morgan fingerprint density at radius 3 is 2.16 bits per heavy atom. The number of carbonyl (C=O) groups is 5. The lowest BCUT2D eigenvalue weighted by molar-refractivity contribution is -0.159. The SMILES string of the molecule is CC.CC.CC.CC(C)N(CCc1c2c(nc3ccccc13)-c1cc3c(c(=O)n1C2)COC(=O)C3OC(=O)OCc1ccc(NC(=O)CNC=O)cc1)S(C)(=O)=O.CCCCN.CCOCC=O.CN. The number of nitrogens with zero attached hydrogens (tertiary/aromatic N) is 3. The van der Waals surface area contributed by atoms with Gasteiger partial charge in [-0.1, -0.05) is 85.2 Å². The molecule has 19 nitrogen and oxygen atoms in total. The van der Waals surface area contributed by atoms with Gasteiger partial charge in [0.25, 0.3) is 5.56 Å². The van der Waals surface area contributed by atoms with E-state index in [1.165, 1.54) is 35.0 Å². The van der Waals surface area contributed by atoms with Crippen LogP contribution in [-0.4, -0.2) is 105 Å². The number of sulfonamides is 1. The Balaban J connectivity index is 0.00000217. The Morgan fingerprint density at radius 2 is 1.63 bits per heavy atom. The maximum atomic E-state index is 13.9. The molecule has 0 spiro atoms. The number of para-hydroxylation sites is 1. The second-order valence-corrected chi connectivity index (χ2v) is 16.3. The van der Waals surface area contributed by atoms with Gasteiger partial charge in [-0.3, -0.25) is 14.4 Å². The largest absolute Gasteiger partial charge is 0.509 e. The number of hydrogen-bond acceptors (Lipinski definition) is 15. The third-order valence-electron chi connectivity index (χ3n) is 9.65. The number of hydrogen-bond donors (Lipinski definition) is 4. The van der Waals surface area contributed by atoms with Crippen LogP contribution in [-0.2, 0) is 74.3 Å². The first-order chi connectivity index (χ1) is 33.7. The number of nitrogens with two attached hydrogens (primary N) is 2. The molecule has 0 fully saturated rings. The van der Waals surface area contributed by atoms with E-state index in [1.807, 2.05) is 86.6 Å². The number of unbranched alkanes of at least 4 members (excludes halogenated alkanes) is 1. The predicted octanol–water partition coefficient (Wildman–Crippen LogP) is 6.39. The maximum absolute atomic E-state index is 13.9. The van der Waals surface area contributed by atoms with Gasteiger partial charge in [0.2, 0.25) is 28.4 Å². The molecule has 0 saturated heterocycles. The van der Waals surface area contributed by atoms with Crippen LogP contribution in [0.3, 0.4) is 0 Å². The van der Waals surface area contributed by atoms with Crippen molar-refractivity contribution in [3.63, 3.8) is 0 Å². The molecule has 4 heterocycles. The summed E-state index contributed by atoms with van der Waals surface area (Å²) in [6, 6.07) is 15.2. The number of esters is 1. The van der Waals surface area contributed by atoms with Gasteiger partial charge in [-0.2, -0.15) is 4.31 Å². The van der Waals surface area contributed by atoms with Gasteiger partial charge in [0.15, 0.2) is 0 Å². The molecule has 2 aliphatic rings. The first-order valence-corrected chi connectivity index (χ1v) is 25.5. The highest BCUT2D eigenvalue weighted by molar-refractivity contribution is 7.88. The molecule has 2 amide bonds. The Labute approximate surface area is 414 Å². The van der Waals surface area contributed by atoms with E-state index >= 15 is 0 Å². The summed E-state index contributed by atoms with van der Waals surface area (Å²) in [5, 5.41) is 5.70. The van der Waals surface area contributed by atoms with Crippen LogP contribution in [0, 0.1) is 0 Å². The van der Waals surface area contributed by atoms with Crippen molar-refractivity contribution in [2.45, 2.75) is 120 Å². The molecule has 0 bridgehead atoms. The van der Waals surface area contributed by atoms with Gasteiger partial charge in [-0.25, -0.2) is 23.0 Å². The number of benzene rings is 2. The third-order valence-corrected chi connectivity index (χ3v) is 11.1. The predicted molar refractivity (Wildman–Crippen MR) is 275 cm³/mol. The van der Waals surface area contributed by atoms with Crippen LogP contribution < -0.4 is 27.7 Å². The number of aldehydes is 1. The molecule has 6 N–H and O–H groups in total. The fraction of sp³-hybridized carbons (Fsp3) is 0.500. The minimum Gasteiger partial charge on any atom is -0.458 e. The lowest BCUT2D eigenvalue weighted by Crippen LogP contribution is -2.37. The van der Waals surface area contributed by atoms with E-state index in [2.05, 4.69) is 28.0 Å². The van der Waals surface area contributed by atoms with Gasteiger partial charge in [0.05, 0.1) is 41.8 Å². The summed E-state index contributed by atoms with van der Waals surface area (Å²) in [6.07, 6.45) is 2.34. The zero-order chi connectivity index (χ0) is 53.4. The zero-order valence-corrected chi connectivity index (χ0v) is 43.9. The molecule has 2 aromatic heterocycles. The summed E-state index contributed by atoms with van der Waals surface area (Å²) in [4.78, 5) is 76.1. The summed E-state index contributed by atoms with van der Waals surface area (Å²) in [5.74, 6) is -1.29. The van der Waals surface area contributed by atoms with Crippen LogP contribution >= 0.6 is 0 Å². The van der Waals surface area contributed by atoms with Crippen LogP contribution in [0.2, 0.25) is 0 Å². The van der Waals surface area contributed by atoms with Crippen molar-refractivity contribution in [2.24, 2.45) is 11.5 Å². The molecule has 0 saturated carbocycles. The number of cyclic esters (lactones) is 1. The van der Waals surface area contributed by atoms with E-state index in [0.29, 0.717) is 47.6 Å². The van der Waals surface area contributed by atoms with Crippen molar-refractivity contribution < 1.29 is 51.3 Å². The zero-order valence-electron chi connectivity index (χ0n) is 43.1. The van der Waals surface area contributed by atoms with Crippen LogP contribution in [0.5, 0.6) is 0 Å². The normalized spacial score (nSPS) is 12.4. The first kappa shape index (κ1) is 63.9. The molecule has 0 aliphatic carbocycles. The number of carbonyl (C=O) groups excluding carboxylic acids is 5. The second-order valence-electron chi connectivity index (χ2n) is 14.4. The lowest BCUT2D eigenvalue weighted by Gasteiger charge is -2.24. The van der Waals surface area contributed by atoms with Crippen LogP contribution in [0.4, 0.5) is 10.5 Å². The number of rotatable bonds is 17. The van der Waals surface area contributed by atoms with E-state index in [9.17, 15) is 37.2 Å². The highest BCUT2D eigenvalue weighted by atomic mass is 32.2. The van der Waals surface area contributed by atoms with E-state index in [4.69, 9.17) is 24.9 Å². The molecule has 2 aliphatic heterocycles. The average molecular weight is 1000 g/mol. The standard InChI is InChI=1S/C35H35N5O10S.C4H11N.C4H8O2.3C2H6.CH5N/c1-20(2)40(51(3,46)47)13-12-23-24-6-4-5-7-28(24)38-31-26(23)16-39-29(31)14-25-27(33(39)43)18-48-34(44)32(25)50-35(45)49-17-21-8-10-22(11-9-21)37-30(42)15-36-19-41;1-2-3-4-5;1-2-6-4-3-5;4*1-2/h4-11,14,19-20,32H,12-13,15-18H2,1-3H3,(H,36,41)(H,37,42);2-5H2,1H3;3H,2,4H2,1H3;3*1-2H3;2H2,1H3. The monoisotopic (exact) mass is 1000 g/mol. The summed E-state index contributed by atoms with van der Waals surface area (Å²) in [5.41, 5.74) is 13.8. The Morgan fingerprint density at radius 1 is 0.986 bits per heavy atom. The average Bonchev–Trinajstić information content (AvgIpc) is 3.74. The summed E-state index contributed by atoms with van der Waals surface area (Å²) < 4.78 is 48.6. The maximum Gasteiger partial charge on any atom is 0.509 e. The highest BCUT2D eigenvalue weighted by Crippen LogP contribution is 2.39. The molecule has 390 valence electrons. The number of anilines is 1. The van der Waals surface area contributed by atoms with E-state index in [1.54, 1.807) is 30.3 Å². The molecule has 4 aromatic rings. The lowest BCUT2D eigenvalue weighted by atomic mass is 9.97. The molecule has 20 heteroatoms. The molecule has 6 rings (SSSR count). The van der Waals surface area contributed by atoms with Crippen molar-refractivity contribution in [3.05, 3.63) is 92.8 Å². The number of fused-ring (bicyclic) bond motifs is 5. The molecule has 0 radical (unpaired) electrons.